The Labute approximate surface area is 129 Å². The molecule has 6 heteroatoms. The van der Waals surface area contributed by atoms with E-state index < -0.39 is 17.4 Å². The first-order chi connectivity index (χ1) is 10.3. The number of nitrogens with one attached hydrogen (secondary N) is 2. The summed E-state index contributed by atoms with van der Waals surface area (Å²) >= 11 is 0. The normalized spacial score (nSPS) is 13.0. The number of aliphatic carboxylic acids is 1. The molecule has 1 atom stereocenters. The van der Waals surface area contributed by atoms with Crippen LogP contribution in [0.15, 0.2) is 24.3 Å². The third kappa shape index (κ3) is 4.87. The molecule has 0 aromatic heterocycles. The van der Waals surface area contributed by atoms with Crippen LogP contribution in [0, 0.1) is 0 Å². The highest BCUT2D eigenvalue weighted by atomic mass is 16.4. The monoisotopic (exact) mass is 306 g/mol. The minimum Gasteiger partial charge on any atom is -0.480 e. The predicted octanol–water partition coefficient (Wildman–Crippen LogP) is 1.70. The maximum absolute atomic E-state index is 12.2. The first kappa shape index (κ1) is 17.7. The molecule has 0 saturated heterocycles. The molecule has 1 aromatic carbocycles. The van der Waals surface area contributed by atoms with E-state index in [1.54, 1.807) is 24.3 Å². The summed E-state index contributed by atoms with van der Waals surface area (Å²) in [6.07, 6.45) is 1.01. The van der Waals surface area contributed by atoms with Gasteiger partial charge in [-0.05, 0) is 31.0 Å². The van der Waals surface area contributed by atoms with E-state index in [-0.39, 0.29) is 5.91 Å². The minimum atomic E-state index is -1.28. The molecular formula is C16H22N2O4. The molecule has 1 unspecified atom stereocenters. The fourth-order valence-electron chi connectivity index (χ4n) is 2.05. The molecule has 0 saturated carbocycles. The van der Waals surface area contributed by atoms with Crippen LogP contribution in [0.25, 0.3) is 0 Å². The lowest BCUT2D eigenvalue weighted by atomic mass is 9.95. The van der Waals surface area contributed by atoms with E-state index in [1.165, 1.54) is 13.8 Å². The minimum absolute atomic E-state index is 0.126. The Balaban J connectivity index is 2.77. The topological polar surface area (TPSA) is 95.5 Å². The van der Waals surface area contributed by atoms with E-state index in [9.17, 15) is 19.5 Å². The molecule has 0 fully saturated rings. The van der Waals surface area contributed by atoms with E-state index >= 15 is 0 Å². The van der Waals surface area contributed by atoms with Crippen molar-refractivity contribution in [2.75, 3.05) is 0 Å². The van der Waals surface area contributed by atoms with Gasteiger partial charge in [-0.3, -0.25) is 9.59 Å². The van der Waals surface area contributed by atoms with Gasteiger partial charge in [-0.1, -0.05) is 25.5 Å². The average Bonchev–Trinajstić information content (AvgIpc) is 2.45. The van der Waals surface area contributed by atoms with Crippen molar-refractivity contribution in [1.29, 1.82) is 0 Å². The Hall–Kier alpha value is -2.37. The summed E-state index contributed by atoms with van der Waals surface area (Å²) in [5.41, 5.74) is -0.0304. The molecular weight excluding hydrogens is 284 g/mol. The van der Waals surface area contributed by atoms with Crippen LogP contribution in [-0.4, -0.2) is 28.4 Å². The summed E-state index contributed by atoms with van der Waals surface area (Å²) in [5, 5.41) is 14.5. The molecule has 1 aromatic rings. The Morgan fingerprint density at radius 1 is 1.18 bits per heavy atom. The predicted molar refractivity (Wildman–Crippen MR) is 82.4 cm³/mol. The average molecular weight is 306 g/mol. The van der Waals surface area contributed by atoms with Crippen LogP contribution in [-0.2, 0) is 16.1 Å². The second kappa shape index (κ2) is 7.59. The number of carbonyl (C=O) groups excluding carboxylic acids is 2. The van der Waals surface area contributed by atoms with E-state index in [1.807, 2.05) is 6.92 Å². The Morgan fingerprint density at radius 3 is 2.23 bits per heavy atom. The van der Waals surface area contributed by atoms with E-state index in [0.717, 1.165) is 5.56 Å². The molecule has 0 bridgehead atoms. The highest BCUT2D eigenvalue weighted by Crippen LogP contribution is 2.14. The maximum Gasteiger partial charge on any atom is 0.329 e. The standard InChI is InChI=1S/C16H22N2O4/c1-4-9-16(3,15(21)22)18-14(20)13-7-5-12(6-8-13)10-17-11(2)19/h5-8H,4,9-10H2,1-3H3,(H,17,19)(H,18,20)(H,21,22). The Morgan fingerprint density at radius 2 is 1.77 bits per heavy atom. The van der Waals surface area contributed by atoms with Crippen LogP contribution in [0.4, 0.5) is 0 Å². The van der Waals surface area contributed by atoms with Gasteiger partial charge in [0.1, 0.15) is 5.54 Å². The van der Waals surface area contributed by atoms with Gasteiger partial charge >= 0.3 is 5.97 Å². The van der Waals surface area contributed by atoms with E-state index in [2.05, 4.69) is 10.6 Å². The van der Waals surface area contributed by atoms with Gasteiger partial charge in [0.25, 0.3) is 5.91 Å². The lowest BCUT2D eigenvalue weighted by molar-refractivity contribution is -0.144. The molecule has 1 rings (SSSR count). The summed E-state index contributed by atoms with van der Waals surface area (Å²) in [4.78, 5) is 34.3. The van der Waals surface area contributed by atoms with E-state index in [0.29, 0.717) is 24.9 Å². The van der Waals surface area contributed by atoms with Gasteiger partial charge in [0.05, 0.1) is 0 Å². The molecule has 22 heavy (non-hydrogen) atoms. The molecule has 0 aliphatic heterocycles. The van der Waals surface area contributed by atoms with Crippen molar-refractivity contribution in [3.63, 3.8) is 0 Å². The zero-order chi connectivity index (χ0) is 16.8. The van der Waals surface area contributed by atoms with Gasteiger partial charge in [-0.2, -0.15) is 0 Å². The van der Waals surface area contributed by atoms with Gasteiger partial charge in [0.2, 0.25) is 5.91 Å². The number of hydrogen-bond donors (Lipinski definition) is 3. The van der Waals surface area contributed by atoms with Crippen molar-refractivity contribution in [1.82, 2.24) is 10.6 Å². The lowest BCUT2D eigenvalue weighted by Gasteiger charge is -2.25. The summed E-state index contributed by atoms with van der Waals surface area (Å²) in [6.45, 7) is 5.19. The molecule has 3 N–H and O–H groups in total. The van der Waals surface area contributed by atoms with Crippen LogP contribution < -0.4 is 10.6 Å². The summed E-state index contributed by atoms with van der Waals surface area (Å²) < 4.78 is 0. The van der Waals surface area contributed by atoms with Crippen LogP contribution in [0.3, 0.4) is 0 Å². The third-order valence-corrected chi connectivity index (χ3v) is 3.37. The number of hydrogen-bond acceptors (Lipinski definition) is 3. The van der Waals surface area contributed by atoms with Crippen LogP contribution >= 0.6 is 0 Å². The highest BCUT2D eigenvalue weighted by molar-refractivity contribution is 5.97. The van der Waals surface area contributed by atoms with Crippen molar-refractivity contribution in [3.05, 3.63) is 35.4 Å². The highest BCUT2D eigenvalue weighted by Gasteiger charge is 2.33. The van der Waals surface area contributed by atoms with Gasteiger partial charge in [-0.15, -0.1) is 0 Å². The SMILES string of the molecule is CCCC(C)(NC(=O)c1ccc(CNC(C)=O)cc1)C(=O)O. The number of carboxylic acid groups (broad SMARTS) is 1. The molecule has 0 spiro atoms. The molecule has 0 aliphatic carbocycles. The number of carbonyl (C=O) groups is 3. The zero-order valence-electron chi connectivity index (χ0n) is 13.1. The van der Waals surface area contributed by atoms with Crippen LogP contribution in [0.2, 0.25) is 0 Å². The molecule has 0 heterocycles. The first-order valence-electron chi connectivity index (χ1n) is 7.18. The number of amides is 2. The third-order valence-electron chi connectivity index (χ3n) is 3.37. The van der Waals surface area contributed by atoms with Crippen molar-refractivity contribution in [2.45, 2.75) is 45.7 Å². The quantitative estimate of drug-likeness (QED) is 0.714. The van der Waals surface area contributed by atoms with Crippen molar-refractivity contribution in [2.24, 2.45) is 0 Å². The number of benzene rings is 1. The fourth-order valence-corrected chi connectivity index (χ4v) is 2.05. The lowest BCUT2D eigenvalue weighted by Crippen LogP contribution is -2.52. The van der Waals surface area contributed by atoms with Gasteiger partial charge < -0.3 is 15.7 Å². The van der Waals surface area contributed by atoms with Crippen molar-refractivity contribution >= 4 is 17.8 Å². The molecule has 0 aliphatic rings. The fraction of sp³-hybridized carbons (Fsp3) is 0.438. The molecule has 0 radical (unpaired) electrons. The van der Waals surface area contributed by atoms with E-state index in [4.69, 9.17) is 0 Å². The maximum atomic E-state index is 12.2. The van der Waals surface area contributed by atoms with Crippen molar-refractivity contribution in [3.8, 4) is 0 Å². The zero-order valence-corrected chi connectivity index (χ0v) is 13.1. The van der Waals surface area contributed by atoms with Crippen LogP contribution in [0.1, 0.15) is 49.5 Å². The smallest absolute Gasteiger partial charge is 0.329 e. The summed E-state index contributed by atoms with van der Waals surface area (Å²) in [5.74, 6) is -1.60. The number of rotatable bonds is 7. The summed E-state index contributed by atoms with van der Waals surface area (Å²) in [6, 6.07) is 6.67. The summed E-state index contributed by atoms with van der Waals surface area (Å²) in [7, 11) is 0. The molecule has 120 valence electrons. The van der Waals surface area contributed by atoms with Crippen molar-refractivity contribution < 1.29 is 19.5 Å². The second-order valence-electron chi connectivity index (χ2n) is 5.45. The second-order valence-corrected chi connectivity index (χ2v) is 5.45. The first-order valence-corrected chi connectivity index (χ1v) is 7.18. The molecule has 6 nitrogen and oxygen atoms in total. The van der Waals surface area contributed by atoms with Gasteiger partial charge in [-0.25, -0.2) is 4.79 Å². The number of carboxylic acids is 1. The Kier molecular flexibility index (Phi) is 6.10. The Bertz CT molecular complexity index is 554. The largest absolute Gasteiger partial charge is 0.480 e. The van der Waals surface area contributed by atoms with Gasteiger partial charge in [0, 0.05) is 19.0 Å². The van der Waals surface area contributed by atoms with Crippen LogP contribution in [0.5, 0.6) is 0 Å². The van der Waals surface area contributed by atoms with Gasteiger partial charge in [0.15, 0.2) is 0 Å². The molecule has 2 amide bonds.